The summed E-state index contributed by atoms with van der Waals surface area (Å²) in [6.07, 6.45) is 1.86. The Bertz CT molecular complexity index is 1530. The molecule has 2 saturated heterocycles. The Balaban J connectivity index is 1.06. The molecular weight excluding hydrogens is 538 g/mol. The number of aryl methyl sites for hydroxylation is 1. The summed E-state index contributed by atoms with van der Waals surface area (Å²) in [4.78, 5) is 32.6. The van der Waals surface area contributed by atoms with E-state index in [0.717, 1.165) is 41.0 Å². The van der Waals surface area contributed by atoms with Gasteiger partial charge in [-0.15, -0.1) is 10.2 Å². The van der Waals surface area contributed by atoms with Gasteiger partial charge in [0.05, 0.1) is 11.8 Å². The van der Waals surface area contributed by atoms with E-state index < -0.39 is 0 Å². The molecule has 0 bridgehead atoms. The van der Waals surface area contributed by atoms with E-state index >= 15 is 0 Å². The number of benzene rings is 3. The van der Waals surface area contributed by atoms with Crippen molar-refractivity contribution in [2.45, 2.75) is 25.9 Å². The Morgan fingerprint density at radius 1 is 0.814 bits per heavy atom. The second kappa shape index (κ2) is 13.2. The molecule has 43 heavy (non-hydrogen) atoms. The Kier molecular flexibility index (Phi) is 8.75. The van der Waals surface area contributed by atoms with E-state index in [-0.39, 0.29) is 24.5 Å². The molecular formula is C35H37N5O3. The lowest BCUT2D eigenvalue weighted by molar-refractivity contribution is -0.132. The van der Waals surface area contributed by atoms with Crippen LogP contribution in [0.25, 0.3) is 22.4 Å². The third-order valence-corrected chi connectivity index (χ3v) is 8.33. The van der Waals surface area contributed by atoms with E-state index in [1.54, 1.807) is 4.90 Å². The average Bonchev–Trinajstić information content (AvgIpc) is 3.58. The standard InChI is InChI=1S/C35H37N5O3/c1-26-8-5-6-12-31(26)35(42)40(24-30-11-7-23-43-30)25-34(41)39-21-19-38(20-22-39)33-18-17-32(36-37-33)29-15-13-28(14-16-29)27-9-3-2-4-10-27/h2-6,8-10,12-18,30H,7,11,19-25H2,1H3/t30-/m0/s1. The van der Waals surface area contributed by atoms with Crippen molar-refractivity contribution < 1.29 is 14.3 Å². The largest absolute Gasteiger partial charge is 0.376 e. The third-order valence-electron chi connectivity index (χ3n) is 8.33. The maximum atomic E-state index is 13.5. The second-order valence-corrected chi connectivity index (χ2v) is 11.2. The van der Waals surface area contributed by atoms with Crippen LogP contribution in [0.15, 0.2) is 91.0 Å². The lowest BCUT2D eigenvalue weighted by Gasteiger charge is -2.36. The van der Waals surface area contributed by atoms with Crippen molar-refractivity contribution in [3.05, 3.63) is 102 Å². The number of amides is 2. The van der Waals surface area contributed by atoms with Gasteiger partial charge in [0, 0.05) is 50.5 Å². The Labute approximate surface area is 252 Å². The van der Waals surface area contributed by atoms with E-state index in [2.05, 4.69) is 51.5 Å². The minimum atomic E-state index is -0.120. The van der Waals surface area contributed by atoms with Gasteiger partial charge in [0.1, 0.15) is 6.54 Å². The highest BCUT2D eigenvalue weighted by molar-refractivity contribution is 5.97. The highest BCUT2D eigenvalue weighted by atomic mass is 16.5. The van der Waals surface area contributed by atoms with Gasteiger partial charge in [-0.05, 0) is 54.7 Å². The van der Waals surface area contributed by atoms with Crippen molar-refractivity contribution >= 4 is 17.6 Å². The molecule has 2 fully saturated rings. The average molecular weight is 576 g/mol. The molecule has 0 spiro atoms. The van der Waals surface area contributed by atoms with Crippen molar-refractivity contribution in [3.8, 4) is 22.4 Å². The van der Waals surface area contributed by atoms with Crippen LogP contribution < -0.4 is 4.90 Å². The fraction of sp³-hybridized carbons (Fsp3) is 0.314. The first kappa shape index (κ1) is 28.6. The van der Waals surface area contributed by atoms with Crippen molar-refractivity contribution in [1.82, 2.24) is 20.0 Å². The maximum absolute atomic E-state index is 13.5. The Morgan fingerprint density at radius 2 is 1.51 bits per heavy atom. The summed E-state index contributed by atoms with van der Waals surface area (Å²) >= 11 is 0. The summed E-state index contributed by atoms with van der Waals surface area (Å²) in [6.45, 7) is 5.55. The van der Waals surface area contributed by atoms with E-state index in [1.165, 1.54) is 5.56 Å². The number of ether oxygens (including phenoxy) is 1. The quantitative estimate of drug-likeness (QED) is 0.291. The van der Waals surface area contributed by atoms with E-state index in [4.69, 9.17) is 4.74 Å². The minimum Gasteiger partial charge on any atom is -0.376 e. The van der Waals surface area contributed by atoms with Crippen molar-refractivity contribution in [2.24, 2.45) is 0 Å². The zero-order valence-electron chi connectivity index (χ0n) is 24.6. The molecule has 0 N–H and O–H groups in total. The molecule has 1 atom stereocenters. The number of carbonyl (C=O) groups excluding carboxylic acids is 2. The number of piperazine rings is 1. The van der Waals surface area contributed by atoms with Crippen LogP contribution in [0.5, 0.6) is 0 Å². The number of aromatic nitrogens is 2. The highest BCUT2D eigenvalue weighted by Gasteiger charge is 2.29. The molecule has 0 unspecified atom stereocenters. The highest BCUT2D eigenvalue weighted by Crippen LogP contribution is 2.25. The molecule has 2 amide bonds. The number of hydrogen-bond acceptors (Lipinski definition) is 6. The maximum Gasteiger partial charge on any atom is 0.254 e. The lowest BCUT2D eigenvalue weighted by atomic mass is 10.0. The topological polar surface area (TPSA) is 78.9 Å². The van der Waals surface area contributed by atoms with Crippen molar-refractivity contribution in [1.29, 1.82) is 0 Å². The number of rotatable bonds is 8. The number of hydrogen-bond donors (Lipinski definition) is 0. The van der Waals surface area contributed by atoms with Crippen LogP contribution in [-0.4, -0.2) is 83.8 Å². The first-order valence-electron chi connectivity index (χ1n) is 15.0. The fourth-order valence-electron chi connectivity index (χ4n) is 5.80. The summed E-state index contributed by atoms with van der Waals surface area (Å²) in [5.41, 5.74) is 5.72. The summed E-state index contributed by atoms with van der Waals surface area (Å²) < 4.78 is 5.81. The van der Waals surface area contributed by atoms with Crippen LogP contribution in [-0.2, 0) is 9.53 Å². The predicted molar refractivity (Wildman–Crippen MR) is 168 cm³/mol. The lowest BCUT2D eigenvalue weighted by Crippen LogP contribution is -2.52. The molecule has 2 aliphatic heterocycles. The van der Waals surface area contributed by atoms with Gasteiger partial charge in [0.15, 0.2) is 5.82 Å². The first-order chi connectivity index (χ1) is 21.0. The van der Waals surface area contributed by atoms with Crippen LogP contribution in [0.4, 0.5) is 5.82 Å². The van der Waals surface area contributed by atoms with Gasteiger partial charge < -0.3 is 19.4 Å². The summed E-state index contributed by atoms with van der Waals surface area (Å²) in [6, 6.07) is 30.2. The molecule has 0 saturated carbocycles. The second-order valence-electron chi connectivity index (χ2n) is 11.2. The zero-order chi connectivity index (χ0) is 29.6. The summed E-state index contributed by atoms with van der Waals surface area (Å²) in [5.74, 6) is 0.636. The van der Waals surface area contributed by atoms with Crippen LogP contribution in [0.3, 0.4) is 0 Å². The van der Waals surface area contributed by atoms with E-state index in [9.17, 15) is 9.59 Å². The SMILES string of the molecule is Cc1ccccc1C(=O)N(CC(=O)N1CCN(c2ccc(-c3ccc(-c4ccccc4)cc3)nn2)CC1)C[C@@H]1CCCO1. The van der Waals surface area contributed by atoms with Gasteiger partial charge >= 0.3 is 0 Å². The van der Waals surface area contributed by atoms with Crippen LogP contribution in [0, 0.1) is 6.92 Å². The summed E-state index contributed by atoms with van der Waals surface area (Å²) in [7, 11) is 0. The van der Waals surface area contributed by atoms with Crippen LogP contribution in [0.1, 0.15) is 28.8 Å². The normalized spacial score (nSPS) is 16.7. The molecule has 1 aromatic heterocycles. The molecule has 8 heteroatoms. The molecule has 8 nitrogen and oxygen atoms in total. The molecule has 2 aliphatic rings. The van der Waals surface area contributed by atoms with E-state index in [0.29, 0.717) is 44.9 Å². The molecule has 220 valence electrons. The number of carbonyl (C=O) groups is 2. The van der Waals surface area contributed by atoms with Gasteiger partial charge in [-0.25, -0.2) is 0 Å². The Hall–Kier alpha value is -4.56. The monoisotopic (exact) mass is 575 g/mol. The Morgan fingerprint density at radius 3 is 2.19 bits per heavy atom. The zero-order valence-corrected chi connectivity index (χ0v) is 24.6. The molecule has 4 aromatic rings. The van der Waals surface area contributed by atoms with Gasteiger partial charge in [-0.3, -0.25) is 9.59 Å². The fourth-order valence-corrected chi connectivity index (χ4v) is 5.80. The molecule has 6 rings (SSSR count). The van der Waals surface area contributed by atoms with E-state index in [1.807, 2.05) is 66.4 Å². The first-order valence-corrected chi connectivity index (χ1v) is 15.0. The predicted octanol–water partition coefficient (Wildman–Crippen LogP) is 5.09. The van der Waals surface area contributed by atoms with Crippen LogP contribution in [0.2, 0.25) is 0 Å². The third kappa shape index (κ3) is 6.75. The van der Waals surface area contributed by atoms with Gasteiger partial charge in [-0.2, -0.15) is 0 Å². The van der Waals surface area contributed by atoms with Gasteiger partial charge in [-0.1, -0.05) is 72.8 Å². The number of nitrogens with zero attached hydrogens (tertiary/aromatic N) is 5. The smallest absolute Gasteiger partial charge is 0.254 e. The van der Waals surface area contributed by atoms with Gasteiger partial charge in [0.25, 0.3) is 5.91 Å². The van der Waals surface area contributed by atoms with Crippen LogP contribution >= 0.6 is 0 Å². The molecule has 0 radical (unpaired) electrons. The molecule has 3 aromatic carbocycles. The minimum absolute atomic E-state index is 0.0269. The van der Waals surface area contributed by atoms with Crippen molar-refractivity contribution in [3.63, 3.8) is 0 Å². The molecule has 3 heterocycles. The van der Waals surface area contributed by atoms with Gasteiger partial charge in [0.2, 0.25) is 5.91 Å². The van der Waals surface area contributed by atoms with Crippen molar-refractivity contribution in [2.75, 3.05) is 50.8 Å². The molecule has 0 aliphatic carbocycles. The number of anilines is 1. The summed E-state index contributed by atoms with van der Waals surface area (Å²) in [5, 5.41) is 9.00.